The van der Waals surface area contributed by atoms with Gasteiger partial charge in [-0.05, 0) is 35.4 Å². The number of esters is 2. The number of allylic oxidation sites excluding steroid dienone is 2. The normalized spacial score (nSPS) is 18.5. The lowest BCUT2D eigenvalue weighted by Gasteiger charge is -2.24. The minimum atomic E-state index is -1.08. The molecule has 0 amide bonds. The maximum atomic E-state index is 12.0. The molecule has 0 saturated carbocycles. The number of benzene rings is 2. The molecule has 1 N–H and O–H groups in total. The molecule has 2 aromatic carbocycles. The quantitative estimate of drug-likeness (QED) is 0.618. The molecule has 5 heteroatoms. The zero-order valence-corrected chi connectivity index (χ0v) is 15.1. The highest BCUT2D eigenvalue weighted by Gasteiger charge is 2.26. The van der Waals surface area contributed by atoms with E-state index in [1.165, 1.54) is 6.08 Å². The Morgan fingerprint density at radius 1 is 1.00 bits per heavy atom. The molecule has 0 heterocycles. The van der Waals surface area contributed by atoms with Gasteiger partial charge in [0.1, 0.15) is 12.7 Å². The van der Waals surface area contributed by atoms with E-state index in [9.17, 15) is 14.7 Å². The molecule has 2 atom stereocenters. The van der Waals surface area contributed by atoms with Gasteiger partial charge in [-0.1, -0.05) is 60.7 Å². The van der Waals surface area contributed by atoms with Crippen molar-refractivity contribution in [2.24, 2.45) is 0 Å². The predicted octanol–water partition coefficient (Wildman–Crippen LogP) is 3.33. The number of rotatable bonds is 6. The first-order chi connectivity index (χ1) is 13.6. The number of hydrogen-bond donors (Lipinski definition) is 1. The van der Waals surface area contributed by atoms with E-state index in [4.69, 9.17) is 9.47 Å². The van der Waals surface area contributed by atoms with Crippen LogP contribution in [0.4, 0.5) is 0 Å². The molecular weight excluding hydrogens is 356 g/mol. The highest BCUT2D eigenvalue weighted by atomic mass is 16.6. The Morgan fingerprint density at radius 3 is 2.39 bits per heavy atom. The highest BCUT2D eigenvalue weighted by Crippen LogP contribution is 2.18. The van der Waals surface area contributed by atoms with Gasteiger partial charge in [0.05, 0.1) is 5.56 Å². The molecule has 1 aliphatic carbocycles. The van der Waals surface area contributed by atoms with Crippen LogP contribution in [0.3, 0.4) is 0 Å². The topological polar surface area (TPSA) is 72.8 Å². The standard InChI is InChI=1S/C23H20O5/c24-21(15-14-17-8-3-1-4-9-17)28-20-13-7-12-19(22(20)25)16-27-23(26)18-10-5-2-6-11-18/h1-15,20,22,25H,16H2/b15-14+/t20-,22-/m1/s1. The third-order valence-corrected chi connectivity index (χ3v) is 4.15. The fourth-order valence-electron chi connectivity index (χ4n) is 2.65. The molecule has 2 aromatic rings. The van der Waals surface area contributed by atoms with Gasteiger partial charge in [-0.3, -0.25) is 0 Å². The van der Waals surface area contributed by atoms with Gasteiger partial charge >= 0.3 is 11.9 Å². The summed E-state index contributed by atoms with van der Waals surface area (Å²) in [6.45, 7) is -0.0901. The van der Waals surface area contributed by atoms with E-state index in [0.29, 0.717) is 11.1 Å². The van der Waals surface area contributed by atoms with Crippen LogP contribution < -0.4 is 0 Å². The van der Waals surface area contributed by atoms with Gasteiger partial charge in [0.2, 0.25) is 0 Å². The first-order valence-electron chi connectivity index (χ1n) is 8.85. The lowest BCUT2D eigenvalue weighted by Crippen LogP contribution is -2.34. The second-order valence-electron chi connectivity index (χ2n) is 6.16. The molecule has 0 unspecified atom stereocenters. The maximum absolute atomic E-state index is 12.0. The van der Waals surface area contributed by atoms with Crippen LogP contribution in [-0.2, 0) is 14.3 Å². The van der Waals surface area contributed by atoms with Crippen molar-refractivity contribution < 1.29 is 24.2 Å². The molecule has 142 valence electrons. The third-order valence-electron chi connectivity index (χ3n) is 4.15. The molecule has 0 radical (unpaired) electrons. The molecular formula is C23H20O5. The van der Waals surface area contributed by atoms with Crippen molar-refractivity contribution in [3.05, 3.63) is 102 Å². The fraction of sp³-hybridized carbons (Fsp3) is 0.130. The average Bonchev–Trinajstić information content (AvgIpc) is 2.74. The predicted molar refractivity (Wildman–Crippen MR) is 105 cm³/mol. The molecule has 0 aliphatic heterocycles. The number of carbonyl (C=O) groups excluding carboxylic acids is 2. The molecule has 5 nitrogen and oxygen atoms in total. The van der Waals surface area contributed by atoms with Gasteiger partial charge in [-0.2, -0.15) is 0 Å². The van der Waals surface area contributed by atoms with Gasteiger partial charge < -0.3 is 14.6 Å². The van der Waals surface area contributed by atoms with E-state index >= 15 is 0 Å². The Morgan fingerprint density at radius 2 is 1.68 bits per heavy atom. The molecule has 1 aliphatic rings. The zero-order valence-electron chi connectivity index (χ0n) is 15.1. The molecule has 3 rings (SSSR count). The van der Waals surface area contributed by atoms with Crippen molar-refractivity contribution in [1.82, 2.24) is 0 Å². The van der Waals surface area contributed by atoms with Crippen LogP contribution in [0.1, 0.15) is 15.9 Å². The summed E-state index contributed by atoms with van der Waals surface area (Å²) in [6, 6.07) is 17.9. The summed E-state index contributed by atoms with van der Waals surface area (Å²) in [5, 5.41) is 10.4. The minimum absolute atomic E-state index is 0.0901. The first-order valence-corrected chi connectivity index (χ1v) is 8.85. The Bertz CT molecular complexity index is 897. The van der Waals surface area contributed by atoms with Gasteiger partial charge in [0, 0.05) is 6.08 Å². The summed E-state index contributed by atoms with van der Waals surface area (Å²) < 4.78 is 10.5. The van der Waals surface area contributed by atoms with Crippen molar-refractivity contribution in [1.29, 1.82) is 0 Å². The largest absolute Gasteiger partial charge is 0.457 e. The van der Waals surface area contributed by atoms with Gasteiger partial charge in [0.15, 0.2) is 6.10 Å². The van der Waals surface area contributed by atoms with Crippen LogP contribution in [0.15, 0.2) is 90.5 Å². The van der Waals surface area contributed by atoms with Crippen molar-refractivity contribution in [3.63, 3.8) is 0 Å². The monoisotopic (exact) mass is 376 g/mol. The number of aliphatic hydroxyl groups excluding tert-OH is 1. The van der Waals surface area contributed by atoms with E-state index in [1.54, 1.807) is 54.6 Å². The van der Waals surface area contributed by atoms with Crippen molar-refractivity contribution in [3.8, 4) is 0 Å². The van der Waals surface area contributed by atoms with Crippen LogP contribution in [0.25, 0.3) is 6.08 Å². The summed E-state index contributed by atoms with van der Waals surface area (Å²) in [5.41, 5.74) is 1.75. The molecule has 0 bridgehead atoms. The third kappa shape index (κ3) is 5.28. The molecule has 0 spiro atoms. The minimum Gasteiger partial charge on any atom is -0.457 e. The molecule has 0 aromatic heterocycles. The second-order valence-corrected chi connectivity index (χ2v) is 6.16. The fourth-order valence-corrected chi connectivity index (χ4v) is 2.65. The number of hydrogen-bond acceptors (Lipinski definition) is 5. The number of carbonyl (C=O) groups is 2. The Labute approximate surface area is 163 Å². The summed E-state index contributed by atoms with van der Waals surface area (Å²) in [7, 11) is 0. The van der Waals surface area contributed by atoms with E-state index in [-0.39, 0.29) is 6.61 Å². The van der Waals surface area contributed by atoms with Crippen LogP contribution in [-0.4, -0.2) is 35.9 Å². The van der Waals surface area contributed by atoms with Crippen molar-refractivity contribution in [2.75, 3.05) is 6.61 Å². The average molecular weight is 376 g/mol. The highest BCUT2D eigenvalue weighted by molar-refractivity contribution is 5.89. The van der Waals surface area contributed by atoms with Crippen molar-refractivity contribution >= 4 is 18.0 Å². The SMILES string of the molecule is O=C(/C=C/c1ccccc1)O[C@@H]1C=CC=C(COC(=O)c2ccccc2)[C@H]1O. The van der Waals surface area contributed by atoms with E-state index in [0.717, 1.165) is 5.56 Å². The Kier molecular flexibility index (Phi) is 6.54. The molecule has 28 heavy (non-hydrogen) atoms. The number of ether oxygens (including phenoxy) is 2. The van der Waals surface area contributed by atoms with E-state index in [1.807, 2.05) is 30.3 Å². The summed E-state index contributed by atoms with van der Waals surface area (Å²) in [4.78, 5) is 24.1. The Hall–Kier alpha value is -3.44. The summed E-state index contributed by atoms with van der Waals surface area (Å²) in [6.07, 6.45) is 5.92. The zero-order chi connectivity index (χ0) is 19.8. The van der Waals surface area contributed by atoms with Gasteiger partial charge in [0.25, 0.3) is 0 Å². The summed E-state index contributed by atoms with van der Waals surface area (Å²) >= 11 is 0. The van der Waals surface area contributed by atoms with Gasteiger partial charge in [-0.25, -0.2) is 9.59 Å². The lowest BCUT2D eigenvalue weighted by atomic mass is 9.99. The van der Waals surface area contributed by atoms with Crippen LogP contribution in [0.5, 0.6) is 0 Å². The van der Waals surface area contributed by atoms with E-state index < -0.39 is 24.1 Å². The van der Waals surface area contributed by atoms with Gasteiger partial charge in [-0.15, -0.1) is 0 Å². The second kappa shape index (κ2) is 9.48. The Balaban J connectivity index is 1.53. The lowest BCUT2D eigenvalue weighted by molar-refractivity contribution is -0.144. The summed E-state index contributed by atoms with van der Waals surface area (Å²) in [5.74, 6) is -1.05. The van der Waals surface area contributed by atoms with E-state index in [2.05, 4.69) is 0 Å². The number of aliphatic hydroxyl groups is 1. The van der Waals surface area contributed by atoms with Crippen LogP contribution in [0.2, 0.25) is 0 Å². The maximum Gasteiger partial charge on any atom is 0.338 e. The van der Waals surface area contributed by atoms with Crippen molar-refractivity contribution in [2.45, 2.75) is 12.2 Å². The van der Waals surface area contributed by atoms with Crippen LogP contribution in [0, 0.1) is 0 Å². The first kappa shape index (κ1) is 19.3. The molecule has 0 fully saturated rings. The smallest absolute Gasteiger partial charge is 0.338 e. The van der Waals surface area contributed by atoms with Crippen LogP contribution >= 0.6 is 0 Å². The molecule has 0 saturated heterocycles.